The average Bonchev–Trinajstić information content (AvgIpc) is 2.34. The van der Waals surface area contributed by atoms with Crippen molar-refractivity contribution in [2.75, 3.05) is 0 Å². The van der Waals surface area contributed by atoms with E-state index in [0.717, 1.165) is 18.1 Å². The SMILES string of the molecule is CCC(C)c1cnc(C)o1. The first kappa shape index (κ1) is 7.32. The first-order valence-electron chi connectivity index (χ1n) is 3.66. The van der Waals surface area contributed by atoms with Gasteiger partial charge in [-0.05, 0) is 6.42 Å². The van der Waals surface area contributed by atoms with E-state index in [-0.39, 0.29) is 0 Å². The summed E-state index contributed by atoms with van der Waals surface area (Å²) >= 11 is 0. The summed E-state index contributed by atoms with van der Waals surface area (Å²) in [6.07, 6.45) is 2.91. The van der Waals surface area contributed by atoms with Gasteiger partial charge in [0.1, 0.15) is 5.76 Å². The maximum atomic E-state index is 5.33. The highest BCUT2D eigenvalue weighted by Gasteiger charge is 2.06. The van der Waals surface area contributed by atoms with E-state index in [4.69, 9.17) is 4.42 Å². The van der Waals surface area contributed by atoms with Crippen LogP contribution in [0, 0.1) is 6.92 Å². The van der Waals surface area contributed by atoms with Crippen molar-refractivity contribution in [3.8, 4) is 0 Å². The van der Waals surface area contributed by atoms with E-state index >= 15 is 0 Å². The van der Waals surface area contributed by atoms with Gasteiger partial charge < -0.3 is 4.42 Å². The number of hydrogen-bond acceptors (Lipinski definition) is 2. The fraction of sp³-hybridized carbons (Fsp3) is 0.625. The van der Waals surface area contributed by atoms with Crippen LogP contribution in [0.4, 0.5) is 0 Å². The zero-order valence-corrected chi connectivity index (χ0v) is 6.72. The third kappa shape index (κ3) is 1.38. The molecule has 0 fully saturated rings. The molecule has 56 valence electrons. The van der Waals surface area contributed by atoms with Crippen LogP contribution in [0.3, 0.4) is 0 Å². The molecule has 0 saturated heterocycles. The minimum absolute atomic E-state index is 0.501. The van der Waals surface area contributed by atoms with E-state index in [1.54, 1.807) is 0 Å². The minimum atomic E-state index is 0.501. The van der Waals surface area contributed by atoms with Crippen molar-refractivity contribution >= 4 is 0 Å². The molecule has 0 aliphatic rings. The van der Waals surface area contributed by atoms with Gasteiger partial charge in [0.25, 0.3) is 0 Å². The van der Waals surface area contributed by atoms with Crippen molar-refractivity contribution in [2.24, 2.45) is 0 Å². The molecule has 0 N–H and O–H groups in total. The highest BCUT2D eigenvalue weighted by Crippen LogP contribution is 2.18. The smallest absolute Gasteiger partial charge is 0.191 e. The second kappa shape index (κ2) is 2.86. The fourth-order valence-electron chi connectivity index (χ4n) is 0.807. The molecule has 2 heteroatoms. The van der Waals surface area contributed by atoms with Crippen LogP contribution in [0.25, 0.3) is 0 Å². The summed E-state index contributed by atoms with van der Waals surface area (Å²) in [6.45, 7) is 6.15. The molecule has 1 aromatic heterocycles. The molecule has 0 bridgehead atoms. The molecular weight excluding hydrogens is 126 g/mol. The normalized spacial score (nSPS) is 13.5. The Morgan fingerprint density at radius 1 is 1.70 bits per heavy atom. The molecule has 0 radical (unpaired) electrons. The predicted octanol–water partition coefficient (Wildman–Crippen LogP) is 2.50. The molecule has 0 spiro atoms. The lowest BCUT2D eigenvalue weighted by Gasteiger charge is -2.00. The molecular formula is C8H13NO. The average molecular weight is 139 g/mol. The summed E-state index contributed by atoms with van der Waals surface area (Å²) in [4.78, 5) is 4.02. The Labute approximate surface area is 61.3 Å². The molecule has 0 aliphatic heterocycles. The Kier molecular flexibility index (Phi) is 2.10. The lowest BCUT2D eigenvalue weighted by atomic mass is 10.1. The lowest BCUT2D eigenvalue weighted by molar-refractivity contribution is 0.443. The standard InChI is InChI=1S/C8H13NO/c1-4-6(2)8-5-9-7(3)10-8/h5-6H,4H2,1-3H3. The van der Waals surface area contributed by atoms with E-state index in [2.05, 4.69) is 18.8 Å². The molecule has 1 heterocycles. The summed E-state index contributed by atoms with van der Waals surface area (Å²) in [6, 6.07) is 0. The monoisotopic (exact) mass is 139 g/mol. The van der Waals surface area contributed by atoms with E-state index in [1.807, 2.05) is 13.1 Å². The van der Waals surface area contributed by atoms with Gasteiger partial charge in [-0.25, -0.2) is 4.98 Å². The summed E-state index contributed by atoms with van der Waals surface area (Å²) in [5.74, 6) is 2.26. The van der Waals surface area contributed by atoms with Gasteiger partial charge in [0.05, 0.1) is 6.20 Å². The van der Waals surface area contributed by atoms with Crippen LogP contribution < -0.4 is 0 Å². The van der Waals surface area contributed by atoms with Crippen LogP contribution in [0.15, 0.2) is 10.6 Å². The van der Waals surface area contributed by atoms with Crippen LogP contribution in [-0.4, -0.2) is 4.98 Å². The Hall–Kier alpha value is -0.790. The fourth-order valence-corrected chi connectivity index (χ4v) is 0.807. The molecule has 0 saturated carbocycles. The second-order valence-corrected chi connectivity index (χ2v) is 2.59. The van der Waals surface area contributed by atoms with Gasteiger partial charge >= 0.3 is 0 Å². The van der Waals surface area contributed by atoms with Gasteiger partial charge in [0.2, 0.25) is 0 Å². The Morgan fingerprint density at radius 3 is 2.80 bits per heavy atom. The highest BCUT2D eigenvalue weighted by atomic mass is 16.4. The van der Waals surface area contributed by atoms with Gasteiger partial charge in [-0.2, -0.15) is 0 Å². The van der Waals surface area contributed by atoms with Crippen LogP contribution in [0.2, 0.25) is 0 Å². The summed E-state index contributed by atoms with van der Waals surface area (Å²) in [7, 11) is 0. The molecule has 1 unspecified atom stereocenters. The maximum absolute atomic E-state index is 5.33. The Balaban J connectivity index is 2.74. The molecule has 0 amide bonds. The molecule has 0 aromatic carbocycles. The number of rotatable bonds is 2. The van der Waals surface area contributed by atoms with Gasteiger partial charge in [-0.15, -0.1) is 0 Å². The predicted molar refractivity (Wildman–Crippen MR) is 39.9 cm³/mol. The molecule has 1 atom stereocenters. The van der Waals surface area contributed by atoms with Crippen molar-refractivity contribution in [3.05, 3.63) is 17.8 Å². The quantitative estimate of drug-likeness (QED) is 0.629. The van der Waals surface area contributed by atoms with Crippen molar-refractivity contribution in [3.63, 3.8) is 0 Å². The van der Waals surface area contributed by atoms with Gasteiger partial charge in [0, 0.05) is 12.8 Å². The van der Waals surface area contributed by atoms with Gasteiger partial charge in [-0.3, -0.25) is 0 Å². The first-order valence-corrected chi connectivity index (χ1v) is 3.66. The summed E-state index contributed by atoms with van der Waals surface area (Å²) in [5, 5.41) is 0. The molecule has 10 heavy (non-hydrogen) atoms. The van der Waals surface area contributed by atoms with Crippen molar-refractivity contribution in [1.29, 1.82) is 0 Å². The molecule has 1 rings (SSSR count). The number of oxazole rings is 1. The molecule has 0 aliphatic carbocycles. The molecule has 1 aromatic rings. The lowest BCUT2D eigenvalue weighted by Crippen LogP contribution is -1.86. The highest BCUT2D eigenvalue weighted by molar-refractivity contribution is 4.98. The number of nitrogens with zero attached hydrogens (tertiary/aromatic N) is 1. The van der Waals surface area contributed by atoms with E-state index in [9.17, 15) is 0 Å². The van der Waals surface area contributed by atoms with Crippen LogP contribution in [0.5, 0.6) is 0 Å². The van der Waals surface area contributed by atoms with E-state index in [1.165, 1.54) is 0 Å². The van der Waals surface area contributed by atoms with E-state index in [0.29, 0.717) is 5.92 Å². The molecule has 2 nitrogen and oxygen atoms in total. The number of hydrogen-bond donors (Lipinski definition) is 0. The number of aryl methyl sites for hydroxylation is 1. The van der Waals surface area contributed by atoms with Crippen molar-refractivity contribution in [2.45, 2.75) is 33.1 Å². The zero-order chi connectivity index (χ0) is 7.56. The maximum Gasteiger partial charge on any atom is 0.191 e. The minimum Gasteiger partial charge on any atom is -0.446 e. The van der Waals surface area contributed by atoms with Crippen molar-refractivity contribution in [1.82, 2.24) is 4.98 Å². The first-order chi connectivity index (χ1) is 4.74. The Bertz CT molecular complexity index is 205. The third-order valence-corrected chi connectivity index (χ3v) is 1.74. The van der Waals surface area contributed by atoms with Crippen LogP contribution in [0.1, 0.15) is 37.8 Å². The largest absolute Gasteiger partial charge is 0.446 e. The second-order valence-electron chi connectivity index (χ2n) is 2.59. The topological polar surface area (TPSA) is 26.0 Å². The summed E-state index contributed by atoms with van der Waals surface area (Å²) < 4.78 is 5.33. The van der Waals surface area contributed by atoms with Crippen molar-refractivity contribution < 1.29 is 4.42 Å². The summed E-state index contributed by atoms with van der Waals surface area (Å²) in [5.41, 5.74) is 0. The number of aromatic nitrogens is 1. The van der Waals surface area contributed by atoms with E-state index < -0.39 is 0 Å². The van der Waals surface area contributed by atoms with Crippen LogP contribution >= 0.6 is 0 Å². The Morgan fingerprint density at radius 2 is 2.40 bits per heavy atom. The third-order valence-electron chi connectivity index (χ3n) is 1.74. The zero-order valence-electron chi connectivity index (χ0n) is 6.72. The van der Waals surface area contributed by atoms with Crippen LogP contribution in [-0.2, 0) is 0 Å². The van der Waals surface area contributed by atoms with Gasteiger partial charge in [0.15, 0.2) is 5.89 Å². The van der Waals surface area contributed by atoms with Gasteiger partial charge in [-0.1, -0.05) is 13.8 Å².